The Bertz CT molecular complexity index is 674. The molecule has 0 N–H and O–H groups in total. The van der Waals surface area contributed by atoms with Gasteiger partial charge < -0.3 is 4.90 Å². The molecule has 2 heterocycles. The highest BCUT2D eigenvalue weighted by molar-refractivity contribution is 7.80. The van der Waals surface area contributed by atoms with Crippen molar-refractivity contribution in [3.63, 3.8) is 0 Å². The first-order valence-corrected chi connectivity index (χ1v) is 9.20. The Morgan fingerprint density at radius 1 is 1.00 bits per heavy atom. The smallest absolute Gasteiger partial charge is 0.204 e. The van der Waals surface area contributed by atoms with Crippen LogP contribution < -0.4 is 9.47 Å². The summed E-state index contributed by atoms with van der Waals surface area (Å²) in [4.78, 5) is 4.96. The second kappa shape index (κ2) is 8.36. The average molecular weight is 341 g/mol. The molecule has 1 aromatic heterocycles. The van der Waals surface area contributed by atoms with E-state index in [0.29, 0.717) is 0 Å². The number of rotatable bonds is 5. The number of thiol groups is 1. The number of hydrogen-bond acceptors (Lipinski definition) is 3. The highest BCUT2D eigenvalue weighted by Gasteiger charge is 2.16. The van der Waals surface area contributed by atoms with Crippen LogP contribution >= 0.6 is 12.6 Å². The van der Waals surface area contributed by atoms with Crippen molar-refractivity contribution in [1.29, 1.82) is 0 Å². The van der Waals surface area contributed by atoms with Gasteiger partial charge in [-0.3, -0.25) is 4.90 Å². The van der Waals surface area contributed by atoms with Crippen molar-refractivity contribution in [2.75, 3.05) is 43.4 Å². The van der Waals surface area contributed by atoms with Crippen LogP contribution in [0.5, 0.6) is 0 Å². The normalized spacial score (nSPS) is 16.0. The van der Waals surface area contributed by atoms with Gasteiger partial charge in [0.15, 0.2) is 6.20 Å². The molecular weight excluding hydrogens is 314 g/mol. The molecule has 0 aliphatic carbocycles. The molecule has 0 unspecified atom stereocenters. The van der Waals surface area contributed by atoms with Crippen molar-refractivity contribution >= 4 is 30.5 Å². The molecule has 1 aromatic carbocycles. The molecule has 0 spiro atoms. The number of nitrogens with zero attached hydrogens (tertiary/aromatic N) is 3. The molecule has 3 rings (SSSR count). The maximum absolute atomic E-state index is 4.32. The van der Waals surface area contributed by atoms with Crippen LogP contribution in [0.1, 0.15) is 11.3 Å². The SMILES string of the molecule is C[n+]1ccccc1/C=C/c1ccc(N2CCN(CCS)CC2)cc1. The number of anilines is 1. The maximum atomic E-state index is 4.32. The van der Waals surface area contributed by atoms with Crippen molar-refractivity contribution in [3.05, 3.63) is 59.9 Å². The number of aromatic nitrogens is 1. The van der Waals surface area contributed by atoms with Crippen LogP contribution in [-0.4, -0.2) is 43.4 Å². The zero-order valence-corrected chi connectivity index (χ0v) is 15.2. The summed E-state index contributed by atoms with van der Waals surface area (Å²) in [6, 6.07) is 15.1. The molecule has 0 amide bonds. The zero-order chi connectivity index (χ0) is 16.8. The molecule has 1 saturated heterocycles. The minimum atomic E-state index is 0.945. The Kier molecular flexibility index (Phi) is 5.94. The summed E-state index contributed by atoms with van der Waals surface area (Å²) in [6.07, 6.45) is 6.39. The number of pyridine rings is 1. The number of benzene rings is 1. The van der Waals surface area contributed by atoms with Gasteiger partial charge in [0.25, 0.3) is 0 Å². The molecule has 0 bridgehead atoms. The quantitative estimate of drug-likeness (QED) is 0.663. The van der Waals surface area contributed by atoms with Crippen molar-refractivity contribution in [1.82, 2.24) is 4.90 Å². The Balaban J connectivity index is 1.61. The lowest BCUT2D eigenvalue weighted by atomic mass is 10.1. The highest BCUT2D eigenvalue weighted by Crippen LogP contribution is 2.18. The van der Waals surface area contributed by atoms with Crippen LogP contribution in [0.4, 0.5) is 5.69 Å². The molecule has 1 aliphatic rings. The van der Waals surface area contributed by atoms with E-state index in [9.17, 15) is 0 Å². The Morgan fingerprint density at radius 2 is 1.75 bits per heavy atom. The summed E-state index contributed by atoms with van der Waals surface area (Å²) < 4.78 is 2.12. The van der Waals surface area contributed by atoms with Gasteiger partial charge in [-0.15, -0.1) is 0 Å². The fourth-order valence-corrected chi connectivity index (χ4v) is 3.34. The van der Waals surface area contributed by atoms with Gasteiger partial charge in [-0.1, -0.05) is 12.1 Å². The number of piperazine rings is 1. The van der Waals surface area contributed by atoms with Crippen molar-refractivity contribution in [3.8, 4) is 0 Å². The van der Waals surface area contributed by atoms with Gasteiger partial charge in [-0.2, -0.15) is 12.6 Å². The standard InChI is InChI=1S/C20H25N3S/c1-21-11-3-2-4-19(21)8-5-18-6-9-20(10-7-18)23-14-12-22(13-15-23)16-17-24/h2-11H,12-17H2,1H3/p+1. The summed E-state index contributed by atoms with van der Waals surface area (Å²) >= 11 is 4.32. The van der Waals surface area contributed by atoms with Crippen LogP contribution in [-0.2, 0) is 7.05 Å². The first kappa shape index (κ1) is 17.1. The summed E-state index contributed by atoms with van der Waals surface area (Å²) in [6.45, 7) is 5.56. The Morgan fingerprint density at radius 3 is 2.42 bits per heavy atom. The minimum absolute atomic E-state index is 0.945. The molecule has 1 aliphatic heterocycles. The number of aryl methyl sites for hydroxylation is 1. The molecule has 2 aromatic rings. The summed E-state index contributed by atoms with van der Waals surface area (Å²) in [5.74, 6) is 0.945. The summed E-state index contributed by atoms with van der Waals surface area (Å²) in [7, 11) is 2.07. The lowest BCUT2D eigenvalue weighted by Crippen LogP contribution is -2.46. The van der Waals surface area contributed by atoms with Gasteiger partial charge in [-0.05, 0) is 29.8 Å². The molecular formula is C20H26N3S+. The predicted octanol–water partition coefficient (Wildman–Crippen LogP) is 2.73. The highest BCUT2D eigenvalue weighted by atomic mass is 32.1. The second-order valence-corrected chi connectivity index (χ2v) is 6.66. The van der Waals surface area contributed by atoms with E-state index in [1.807, 2.05) is 6.07 Å². The average Bonchev–Trinajstić information content (AvgIpc) is 2.63. The third-order valence-corrected chi connectivity index (χ3v) is 4.79. The molecule has 0 saturated carbocycles. The van der Waals surface area contributed by atoms with E-state index in [1.54, 1.807) is 0 Å². The van der Waals surface area contributed by atoms with E-state index < -0.39 is 0 Å². The fraction of sp³-hybridized carbons (Fsp3) is 0.350. The van der Waals surface area contributed by atoms with Crippen LogP contribution in [0.2, 0.25) is 0 Å². The summed E-state index contributed by atoms with van der Waals surface area (Å²) in [5, 5.41) is 0. The van der Waals surface area contributed by atoms with Gasteiger partial charge in [-0.25, -0.2) is 4.57 Å². The van der Waals surface area contributed by atoms with Crippen LogP contribution in [0.3, 0.4) is 0 Å². The van der Waals surface area contributed by atoms with E-state index in [0.717, 1.165) is 38.5 Å². The van der Waals surface area contributed by atoms with Gasteiger partial charge >= 0.3 is 0 Å². The molecule has 4 heteroatoms. The molecule has 126 valence electrons. The topological polar surface area (TPSA) is 10.4 Å². The van der Waals surface area contributed by atoms with Crippen LogP contribution in [0.25, 0.3) is 12.2 Å². The second-order valence-electron chi connectivity index (χ2n) is 6.21. The van der Waals surface area contributed by atoms with Gasteiger partial charge in [0.2, 0.25) is 5.69 Å². The lowest BCUT2D eigenvalue weighted by molar-refractivity contribution is -0.673. The maximum Gasteiger partial charge on any atom is 0.204 e. The third kappa shape index (κ3) is 4.40. The first-order valence-electron chi connectivity index (χ1n) is 8.57. The van der Waals surface area contributed by atoms with E-state index in [1.165, 1.54) is 16.9 Å². The first-order chi connectivity index (χ1) is 11.8. The van der Waals surface area contributed by atoms with Gasteiger partial charge in [0.05, 0.1) is 0 Å². The predicted molar refractivity (Wildman–Crippen MR) is 105 cm³/mol. The van der Waals surface area contributed by atoms with E-state index in [4.69, 9.17) is 0 Å². The van der Waals surface area contributed by atoms with E-state index in [2.05, 4.69) is 88.8 Å². The zero-order valence-electron chi connectivity index (χ0n) is 14.3. The van der Waals surface area contributed by atoms with Gasteiger partial charge in [0.1, 0.15) is 7.05 Å². The van der Waals surface area contributed by atoms with Crippen molar-refractivity contribution in [2.45, 2.75) is 0 Å². The monoisotopic (exact) mass is 340 g/mol. The lowest BCUT2D eigenvalue weighted by Gasteiger charge is -2.35. The van der Waals surface area contributed by atoms with E-state index in [-0.39, 0.29) is 0 Å². The number of hydrogen-bond donors (Lipinski definition) is 1. The van der Waals surface area contributed by atoms with Crippen molar-refractivity contribution in [2.24, 2.45) is 7.05 Å². The third-order valence-electron chi connectivity index (χ3n) is 4.59. The molecule has 0 atom stereocenters. The summed E-state index contributed by atoms with van der Waals surface area (Å²) in [5.41, 5.74) is 3.75. The largest absolute Gasteiger partial charge is 0.369 e. The van der Waals surface area contributed by atoms with Gasteiger partial charge in [0, 0.05) is 62.4 Å². The molecule has 24 heavy (non-hydrogen) atoms. The van der Waals surface area contributed by atoms with Crippen LogP contribution in [0, 0.1) is 0 Å². The molecule has 3 nitrogen and oxygen atoms in total. The van der Waals surface area contributed by atoms with Crippen molar-refractivity contribution < 1.29 is 4.57 Å². The fourth-order valence-electron chi connectivity index (χ4n) is 3.06. The molecule has 1 fully saturated rings. The molecule has 0 radical (unpaired) electrons. The minimum Gasteiger partial charge on any atom is -0.369 e. The van der Waals surface area contributed by atoms with Crippen LogP contribution in [0.15, 0.2) is 48.7 Å². The Labute approximate surface area is 150 Å². The Hall–Kier alpha value is -1.78. The van der Waals surface area contributed by atoms with E-state index >= 15 is 0 Å².